The lowest BCUT2D eigenvalue weighted by atomic mass is 9.62. The Morgan fingerprint density at radius 2 is 1.67 bits per heavy atom. The Balaban J connectivity index is 1.61. The zero-order valence-corrected chi connectivity index (χ0v) is 19.7. The first-order valence-electron chi connectivity index (χ1n) is 11.5. The number of nitrogens with two attached hydrogens (primary N) is 1. The van der Waals surface area contributed by atoms with E-state index in [0.717, 1.165) is 42.7 Å². The van der Waals surface area contributed by atoms with E-state index in [9.17, 15) is 4.79 Å². The second-order valence-corrected chi connectivity index (χ2v) is 9.23. The van der Waals surface area contributed by atoms with E-state index in [1.165, 1.54) is 0 Å². The predicted molar refractivity (Wildman–Crippen MR) is 134 cm³/mol. The van der Waals surface area contributed by atoms with Crippen molar-refractivity contribution in [2.24, 2.45) is 11.7 Å². The first kappa shape index (κ1) is 23.3. The van der Waals surface area contributed by atoms with Gasteiger partial charge in [0.25, 0.3) is 0 Å². The van der Waals surface area contributed by atoms with Gasteiger partial charge < -0.3 is 15.4 Å². The molecule has 3 aromatic rings. The van der Waals surface area contributed by atoms with Crippen molar-refractivity contribution in [3.8, 4) is 5.75 Å². The Morgan fingerprint density at radius 3 is 2.24 bits per heavy atom. The van der Waals surface area contributed by atoms with Gasteiger partial charge in [0.15, 0.2) is 0 Å². The molecule has 2 atom stereocenters. The van der Waals surface area contributed by atoms with Crippen molar-refractivity contribution in [3.05, 3.63) is 101 Å². The number of carbonyl (C=O) groups excluding carboxylic acids is 1. The number of carbonyl (C=O) groups is 1. The van der Waals surface area contributed by atoms with Crippen molar-refractivity contribution in [2.75, 3.05) is 20.2 Å². The minimum Gasteiger partial charge on any atom is -0.494 e. The molecular weight excluding hydrogens is 432 g/mol. The third-order valence-corrected chi connectivity index (χ3v) is 7.17. The molecule has 33 heavy (non-hydrogen) atoms. The van der Waals surface area contributed by atoms with E-state index in [4.69, 9.17) is 22.1 Å². The molecule has 1 aliphatic heterocycles. The Labute approximate surface area is 201 Å². The highest BCUT2D eigenvalue weighted by Gasteiger charge is 2.52. The first-order valence-corrected chi connectivity index (χ1v) is 11.9. The predicted octanol–water partition coefficient (Wildman–Crippen LogP) is 5.29. The summed E-state index contributed by atoms with van der Waals surface area (Å²) in [4.78, 5) is 15.7. The molecule has 0 saturated carbocycles. The van der Waals surface area contributed by atoms with Crippen molar-refractivity contribution in [1.29, 1.82) is 0 Å². The summed E-state index contributed by atoms with van der Waals surface area (Å²) in [6, 6.07) is 27.7. The van der Waals surface area contributed by atoms with Gasteiger partial charge in [-0.25, -0.2) is 0 Å². The highest BCUT2D eigenvalue weighted by molar-refractivity contribution is 6.30. The molecule has 3 aromatic carbocycles. The summed E-state index contributed by atoms with van der Waals surface area (Å²) in [6.07, 6.45) is 2.69. The molecule has 1 aliphatic rings. The number of benzene rings is 3. The van der Waals surface area contributed by atoms with E-state index >= 15 is 0 Å². The average molecular weight is 463 g/mol. The summed E-state index contributed by atoms with van der Waals surface area (Å²) in [5.74, 6) is 0.551. The molecule has 0 aliphatic carbocycles. The highest BCUT2D eigenvalue weighted by atomic mass is 35.5. The van der Waals surface area contributed by atoms with Crippen molar-refractivity contribution >= 4 is 17.5 Å². The number of hydrogen-bond donors (Lipinski definition) is 1. The minimum absolute atomic E-state index is 0.0657. The van der Waals surface area contributed by atoms with E-state index in [-0.39, 0.29) is 17.9 Å². The summed E-state index contributed by atoms with van der Waals surface area (Å²) in [5, 5.41) is 0.667. The van der Waals surface area contributed by atoms with Gasteiger partial charge in [-0.05, 0) is 68.1 Å². The van der Waals surface area contributed by atoms with Crippen LogP contribution in [0.5, 0.6) is 5.75 Å². The lowest BCUT2D eigenvalue weighted by Crippen LogP contribution is -2.52. The second kappa shape index (κ2) is 10.4. The van der Waals surface area contributed by atoms with Crippen molar-refractivity contribution < 1.29 is 9.53 Å². The van der Waals surface area contributed by atoms with Crippen LogP contribution in [0.25, 0.3) is 0 Å². The Hall–Kier alpha value is -2.82. The summed E-state index contributed by atoms with van der Waals surface area (Å²) >= 11 is 6.07. The summed E-state index contributed by atoms with van der Waals surface area (Å²) < 4.78 is 5.92. The fourth-order valence-corrected chi connectivity index (χ4v) is 5.62. The number of amides is 1. The zero-order valence-electron chi connectivity index (χ0n) is 19.0. The summed E-state index contributed by atoms with van der Waals surface area (Å²) in [6.45, 7) is 1.52. The lowest BCUT2D eigenvalue weighted by molar-refractivity contribution is -0.124. The van der Waals surface area contributed by atoms with Crippen LogP contribution >= 0.6 is 11.6 Å². The number of halogens is 1. The van der Waals surface area contributed by atoms with Crippen LogP contribution in [-0.4, -0.2) is 37.0 Å². The highest BCUT2D eigenvalue weighted by Crippen LogP contribution is 2.47. The summed E-state index contributed by atoms with van der Waals surface area (Å²) in [7, 11) is 2.14. The number of ether oxygens (including phenoxy) is 1. The van der Waals surface area contributed by atoms with E-state index in [0.29, 0.717) is 11.6 Å². The maximum Gasteiger partial charge on any atom is 0.232 e. The quantitative estimate of drug-likeness (QED) is 0.439. The van der Waals surface area contributed by atoms with Crippen molar-refractivity contribution in [3.63, 3.8) is 0 Å². The molecule has 2 N–H and O–H groups in total. The van der Waals surface area contributed by atoms with Gasteiger partial charge in [0.05, 0.1) is 6.61 Å². The number of nitrogens with zero attached hydrogens (tertiary/aromatic N) is 1. The van der Waals surface area contributed by atoms with Crippen LogP contribution in [0.3, 0.4) is 0 Å². The largest absolute Gasteiger partial charge is 0.494 e. The van der Waals surface area contributed by atoms with E-state index < -0.39 is 5.41 Å². The minimum atomic E-state index is -0.883. The zero-order chi connectivity index (χ0) is 23.3. The molecule has 0 radical (unpaired) electrons. The molecular formula is C28H31ClN2O2. The molecule has 1 amide bonds. The number of hydrogen-bond acceptors (Lipinski definition) is 3. The Morgan fingerprint density at radius 1 is 1.03 bits per heavy atom. The standard InChI is InChI=1S/C28H31ClN2O2/c1-31-18-17-25(26(31)16-9-19-33-24-15-8-14-23(29)20-24)28(27(30)32,21-10-4-2-5-11-21)22-12-6-3-7-13-22/h2-8,10-15,20,25-26H,9,16-19H2,1H3,(H2,30,32)/t25-,26+/m1/s1. The Bertz CT molecular complexity index is 1020. The van der Waals surface area contributed by atoms with Crippen LogP contribution in [0.15, 0.2) is 84.9 Å². The van der Waals surface area contributed by atoms with E-state index in [1.807, 2.05) is 84.9 Å². The third kappa shape index (κ3) is 4.78. The van der Waals surface area contributed by atoms with Gasteiger partial charge in [-0.3, -0.25) is 4.79 Å². The van der Waals surface area contributed by atoms with Gasteiger partial charge in [0.1, 0.15) is 11.2 Å². The van der Waals surface area contributed by atoms with Crippen molar-refractivity contribution in [2.45, 2.75) is 30.7 Å². The van der Waals surface area contributed by atoms with Crippen LogP contribution in [-0.2, 0) is 10.2 Å². The fraction of sp³-hybridized carbons (Fsp3) is 0.321. The van der Waals surface area contributed by atoms with Gasteiger partial charge in [-0.15, -0.1) is 0 Å². The Kier molecular flexibility index (Phi) is 7.36. The lowest BCUT2D eigenvalue weighted by Gasteiger charge is -2.41. The molecule has 172 valence electrons. The number of rotatable bonds is 9. The van der Waals surface area contributed by atoms with Crippen LogP contribution in [0.1, 0.15) is 30.4 Å². The number of primary amides is 1. The van der Waals surface area contributed by atoms with E-state index in [1.54, 1.807) is 0 Å². The molecule has 0 aromatic heterocycles. The normalized spacial score (nSPS) is 18.8. The van der Waals surface area contributed by atoms with Crippen LogP contribution in [0.4, 0.5) is 0 Å². The molecule has 1 saturated heterocycles. The maximum atomic E-state index is 13.4. The van der Waals surface area contributed by atoms with Crippen LogP contribution in [0.2, 0.25) is 5.02 Å². The third-order valence-electron chi connectivity index (χ3n) is 6.94. The topological polar surface area (TPSA) is 55.6 Å². The monoisotopic (exact) mass is 462 g/mol. The van der Waals surface area contributed by atoms with Gasteiger partial charge >= 0.3 is 0 Å². The second-order valence-electron chi connectivity index (χ2n) is 8.80. The smallest absolute Gasteiger partial charge is 0.232 e. The molecule has 0 unspecified atom stereocenters. The first-order chi connectivity index (χ1) is 16.0. The number of likely N-dealkylation sites (tertiary alicyclic amines) is 1. The molecule has 4 nitrogen and oxygen atoms in total. The van der Waals surface area contributed by atoms with Crippen molar-refractivity contribution in [1.82, 2.24) is 4.90 Å². The molecule has 1 heterocycles. The van der Waals surface area contributed by atoms with Gasteiger partial charge in [-0.1, -0.05) is 78.3 Å². The van der Waals surface area contributed by atoms with Gasteiger partial charge in [0.2, 0.25) is 5.91 Å². The summed E-state index contributed by atoms with van der Waals surface area (Å²) in [5.41, 5.74) is 7.31. The molecule has 1 fully saturated rings. The molecule has 0 spiro atoms. The SMILES string of the molecule is CN1CC[C@@H](C(C(N)=O)(c2ccccc2)c2ccccc2)[C@@H]1CCCOc1cccc(Cl)c1. The average Bonchev–Trinajstić information content (AvgIpc) is 3.19. The maximum absolute atomic E-state index is 13.4. The van der Waals surface area contributed by atoms with Gasteiger partial charge in [-0.2, -0.15) is 0 Å². The van der Waals surface area contributed by atoms with Crippen LogP contribution < -0.4 is 10.5 Å². The van der Waals surface area contributed by atoms with Gasteiger partial charge in [0, 0.05) is 11.1 Å². The molecule has 5 heteroatoms. The molecule has 4 rings (SSSR count). The molecule has 0 bridgehead atoms. The van der Waals surface area contributed by atoms with E-state index in [2.05, 4.69) is 11.9 Å². The fourth-order valence-electron chi connectivity index (χ4n) is 5.44. The van der Waals surface area contributed by atoms with Crippen LogP contribution in [0, 0.1) is 5.92 Å².